The monoisotopic (exact) mass is 1550 g/mol. The van der Waals surface area contributed by atoms with Crippen LogP contribution in [0.4, 0.5) is 0 Å². The molecule has 362 valence electrons. The fourth-order valence-electron chi connectivity index (χ4n) is 10.4. The van der Waals surface area contributed by atoms with Crippen molar-refractivity contribution in [2.45, 2.75) is 180 Å². The molecule has 0 atom stereocenters. The standard InChI is InChI=1S/C28H44N2O2.C10H10O4.C9H20N2.I3.I2.HI/c1-25(2)15-19(16-26(3,4)29-25)12-23(31)21-10-9-11-22(14-21)24(32)13-20-17-27(5,6)30-28(7,8)18-20;1-13-10(12)9-4-2-3-8(5-9)6-14-7-11;1-8(2)5-7(10)6-9(3,4)11-8;1-3-2;1-2;/h9-11,14,19-20,29-30H,12-13,15-18H2,1-8H3;2-5,7H,6H2,1H3;7,11H,5-6,10H2,1-4H3;;;1H/q;;;-1;;. The van der Waals surface area contributed by atoms with Crippen molar-refractivity contribution in [3.8, 4) is 0 Å². The van der Waals surface area contributed by atoms with Crippen molar-refractivity contribution in [3.63, 3.8) is 0 Å². The van der Waals surface area contributed by atoms with Crippen molar-refractivity contribution >= 4 is 122 Å². The Morgan fingerprint density at radius 1 is 0.651 bits per heavy atom. The Hall–Kier alpha value is 0.940. The molecule has 2 aromatic rings. The third-order valence-corrected chi connectivity index (χ3v) is 10.9. The van der Waals surface area contributed by atoms with Crippen LogP contribution in [0.2, 0.25) is 0 Å². The molecule has 5 rings (SSSR count). The molecule has 3 fully saturated rings. The Balaban J connectivity index is 0.00000102. The summed E-state index contributed by atoms with van der Waals surface area (Å²) in [6.45, 7) is 27.1. The quantitative estimate of drug-likeness (QED) is 0.0785. The Labute approximate surface area is 450 Å². The van der Waals surface area contributed by atoms with Gasteiger partial charge in [0.2, 0.25) is 0 Å². The number of carbonyl (C=O) groups excluding carboxylic acids is 4. The van der Waals surface area contributed by atoms with Gasteiger partial charge in [0.15, 0.2) is 11.6 Å². The fourth-order valence-corrected chi connectivity index (χ4v) is 10.4. The first-order valence-corrected chi connectivity index (χ1v) is 39.9. The van der Waals surface area contributed by atoms with E-state index in [4.69, 9.17) is 5.73 Å². The number of Topliss-reactive ketones (excluding diaryl/α,β-unsaturated/α-hetero) is 2. The first-order chi connectivity index (χ1) is 28.5. The first kappa shape index (κ1) is 63.9. The van der Waals surface area contributed by atoms with Gasteiger partial charge >= 0.3 is 56.5 Å². The number of halogens is 6. The van der Waals surface area contributed by atoms with E-state index in [1.807, 2.05) is 24.3 Å². The van der Waals surface area contributed by atoms with E-state index in [0.717, 1.165) is 44.1 Å². The van der Waals surface area contributed by atoms with Crippen molar-refractivity contribution in [3.05, 3.63) is 70.8 Å². The zero-order valence-electron chi connectivity index (χ0n) is 39.6. The van der Waals surface area contributed by atoms with E-state index in [-0.39, 0.29) is 75.4 Å². The van der Waals surface area contributed by atoms with Crippen LogP contribution in [0, 0.1) is 11.8 Å². The Bertz CT molecular complexity index is 1620. The van der Waals surface area contributed by atoms with Crippen molar-refractivity contribution < 1.29 is 41.9 Å². The van der Waals surface area contributed by atoms with Gasteiger partial charge in [0.25, 0.3) is 6.47 Å². The second-order valence-electron chi connectivity index (χ2n) is 20.9. The van der Waals surface area contributed by atoms with Crippen LogP contribution in [0.3, 0.4) is 0 Å². The molecular weight excluding hydrogens is 1480 g/mol. The van der Waals surface area contributed by atoms with Gasteiger partial charge in [0, 0.05) is 100 Å². The molecule has 63 heavy (non-hydrogen) atoms. The zero-order valence-corrected chi connectivity index (χ0v) is 52.7. The summed E-state index contributed by atoms with van der Waals surface area (Å²) in [5.74, 6) is 0.613. The fraction of sp³-hybridized carbons (Fsp3) is 0.660. The molecule has 0 amide bonds. The van der Waals surface area contributed by atoms with Crippen LogP contribution in [0.25, 0.3) is 0 Å². The number of nitrogens with one attached hydrogen (secondary N) is 3. The van der Waals surface area contributed by atoms with Gasteiger partial charge in [-0.1, -0.05) is 30.3 Å². The van der Waals surface area contributed by atoms with Gasteiger partial charge in [-0.05, 0) is 157 Å². The van der Waals surface area contributed by atoms with Gasteiger partial charge in [0.05, 0.1) is 12.7 Å². The minimum atomic E-state index is -0.405. The van der Waals surface area contributed by atoms with Crippen molar-refractivity contribution in [2.75, 3.05) is 7.11 Å². The molecule has 3 saturated heterocycles. The minimum absolute atomic E-state index is 0. The topological polar surface area (TPSA) is 149 Å². The molecule has 16 heteroatoms. The van der Waals surface area contributed by atoms with Crippen molar-refractivity contribution in [1.29, 1.82) is 0 Å². The predicted octanol–water partition coefficient (Wildman–Crippen LogP) is 9.51. The molecule has 3 heterocycles. The first-order valence-electron chi connectivity index (χ1n) is 21.1. The van der Waals surface area contributed by atoms with Gasteiger partial charge < -0.3 is 31.2 Å². The van der Waals surface area contributed by atoms with E-state index in [2.05, 4.69) is 183 Å². The molecule has 0 radical (unpaired) electrons. The van der Waals surface area contributed by atoms with E-state index in [1.54, 1.807) is 24.3 Å². The van der Waals surface area contributed by atoms with E-state index < -0.39 is 5.97 Å². The number of esters is 1. The molecule has 0 bridgehead atoms. The average molecular weight is 1550 g/mol. The van der Waals surface area contributed by atoms with E-state index in [9.17, 15) is 19.2 Å². The summed E-state index contributed by atoms with van der Waals surface area (Å²) in [6.07, 6.45) is 7.20. The van der Waals surface area contributed by atoms with Crippen LogP contribution >= 0.6 is 98.4 Å². The normalized spacial score (nSPS) is 20.3. The summed E-state index contributed by atoms with van der Waals surface area (Å²) in [5.41, 5.74) is 9.03. The Kier molecular flexibility index (Phi) is 29.6. The van der Waals surface area contributed by atoms with E-state index in [0.29, 0.717) is 67.1 Å². The summed E-state index contributed by atoms with van der Waals surface area (Å²) < 4.78 is 9.10. The van der Waals surface area contributed by atoms with E-state index in [1.165, 1.54) is 7.11 Å². The number of piperidine rings is 3. The third-order valence-electron chi connectivity index (χ3n) is 10.9. The summed E-state index contributed by atoms with van der Waals surface area (Å²) in [4.78, 5) is 47.3. The number of carbonyl (C=O) groups is 4. The molecule has 0 aromatic heterocycles. The number of ketones is 2. The SMILES string of the molecule is CC1(C)CC(CC(=O)c2cccc(C(=O)CC3CC(C)(C)NC(C)(C)C3)c2)CC(C)(C)N1.CC1(C)CC(N)CC(C)(C)N1.COC(=O)c1cccc(COC=O)c1.I.II.I[I-]I. The number of ether oxygens (including phenoxy) is 2. The number of hydrogen-bond donors (Lipinski definition) is 4. The average Bonchev–Trinajstić information content (AvgIpc) is 3.11. The second kappa shape index (κ2) is 29.2. The van der Waals surface area contributed by atoms with Crippen molar-refractivity contribution in [2.24, 2.45) is 17.6 Å². The van der Waals surface area contributed by atoms with Gasteiger partial charge in [-0.3, -0.25) is 14.4 Å². The molecule has 0 saturated carbocycles. The summed E-state index contributed by atoms with van der Waals surface area (Å²) >= 11 is 9.54. The molecule has 3 aliphatic heterocycles. The molecule has 2 aromatic carbocycles. The Morgan fingerprint density at radius 3 is 1.32 bits per heavy atom. The van der Waals surface area contributed by atoms with Crippen molar-refractivity contribution in [1.82, 2.24) is 16.0 Å². The predicted molar refractivity (Wildman–Crippen MR) is 301 cm³/mol. The van der Waals surface area contributed by atoms with Gasteiger partial charge in [0.1, 0.15) is 6.61 Å². The molecule has 0 aliphatic carbocycles. The van der Waals surface area contributed by atoms with Crippen LogP contribution in [-0.2, 0) is 20.9 Å². The molecular formula is C47H75I6N4O6-. The van der Waals surface area contributed by atoms with Gasteiger partial charge in [-0.25, -0.2) is 4.79 Å². The van der Waals surface area contributed by atoms with Crippen LogP contribution in [0.5, 0.6) is 0 Å². The number of hydrogen-bond acceptors (Lipinski definition) is 10. The van der Waals surface area contributed by atoms with Crippen LogP contribution in [-0.4, -0.2) is 70.4 Å². The number of nitrogens with two attached hydrogens (primary N) is 1. The Morgan fingerprint density at radius 2 is 0.984 bits per heavy atom. The third kappa shape index (κ3) is 25.9. The molecule has 0 spiro atoms. The molecule has 3 aliphatic rings. The zero-order chi connectivity index (χ0) is 47.7. The van der Waals surface area contributed by atoms with Gasteiger partial charge in [-0.2, -0.15) is 0 Å². The van der Waals surface area contributed by atoms with Crippen LogP contribution in [0.1, 0.15) is 171 Å². The number of methoxy groups -OCH3 is 1. The number of benzene rings is 2. The summed E-state index contributed by atoms with van der Waals surface area (Å²) in [7, 11) is 1.32. The van der Waals surface area contributed by atoms with E-state index >= 15 is 0 Å². The summed E-state index contributed by atoms with van der Waals surface area (Å²) in [5, 5.41) is 11.0. The maximum atomic E-state index is 13.1. The maximum absolute atomic E-state index is 13.1. The molecule has 5 N–H and O–H groups in total. The van der Waals surface area contributed by atoms with Crippen LogP contribution in [0.15, 0.2) is 48.5 Å². The number of rotatable bonds is 10. The van der Waals surface area contributed by atoms with Crippen LogP contribution < -0.4 is 34.9 Å². The molecule has 0 unspecified atom stereocenters. The second-order valence-corrected chi connectivity index (χ2v) is 37.1. The summed E-state index contributed by atoms with van der Waals surface area (Å²) in [6, 6.07) is 14.5. The van der Waals surface area contributed by atoms with Gasteiger partial charge in [-0.15, -0.1) is 24.0 Å². The molecule has 10 nitrogen and oxygen atoms in total.